The fourth-order valence-corrected chi connectivity index (χ4v) is 2.07. The molecule has 0 saturated heterocycles. The Morgan fingerprint density at radius 1 is 1.29 bits per heavy atom. The Hall–Kier alpha value is -1.77. The van der Waals surface area contributed by atoms with Crippen molar-refractivity contribution in [1.82, 2.24) is 9.55 Å². The van der Waals surface area contributed by atoms with Crippen LogP contribution in [0.15, 0.2) is 36.5 Å². The Bertz CT molecular complexity index is 473. The second-order valence-corrected chi connectivity index (χ2v) is 4.42. The van der Waals surface area contributed by atoms with E-state index in [2.05, 4.69) is 58.3 Å². The van der Waals surface area contributed by atoms with Gasteiger partial charge in [0, 0.05) is 19.8 Å². The Kier molecular flexibility index (Phi) is 3.47. The first kappa shape index (κ1) is 11.7. The van der Waals surface area contributed by atoms with Gasteiger partial charge in [-0.2, -0.15) is 0 Å². The highest BCUT2D eigenvalue weighted by molar-refractivity contribution is 5.28. The average Bonchev–Trinajstić information content (AvgIpc) is 2.70. The van der Waals surface area contributed by atoms with Crippen molar-refractivity contribution in [2.45, 2.75) is 26.3 Å². The van der Waals surface area contributed by atoms with E-state index in [9.17, 15) is 0 Å². The Morgan fingerprint density at radius 2 is 2.00 bits per heavy atom. The third-order valence-electron chi connectivity index (χ3n) is 2.96. The van der Waals surface area contributed by atoms with Crippen LogP contribution in [0.4, 0.5) is 5.95 Å². The molecule has 0 saturated carbocycles. The van der Waals surface area contributed by atoms with Gasteiger partial charge in [0.15, 0.2) is 0 Å². The summed E-state index contributed by atoms with van der Waals surface area (Å²) in [4.78, 5) is 4.43. The lowest BCUT2D eigenvalue weighted by Gasteiger charge is -2.14. The lowest BCUT2D eigenvalue weighted by Crippen LogP contribution is -2.08. The minimum Gasteiger partial charge on any atom is -0.359 e. The molecule has 1 heterocycles. The number of rotatable bonds is 4. The van der Waals surface area contributed by atoms with Gasteiger partial charge in [0.2, 0.25) is 5.95 Å². The molecule has 0 aliphatic heterocycles. The summed E-state index contributed by atoms with van der Waals surface area (Å²) in [7, 11) is 1.91. The van der Waals surface area contributed by atoms with Crippen LogP contribution in [0.25, 0.3) is 0 Å². The molecule has 0 bridgehead atoms. The molecule has 1 aromatic carbocycles. The summed E-state index contributed by atoms with van der Waals surface area (Å²) >= 11 is 0. The monoisotopic (exact) mass is 229 g/mol. The predicted octanol–water partition coefficient (Wildman–Crippen LogP) is 3.04. The Balaban J connectivity index is 2.15. The van der Waals surface area contributed by atoms with Crippen molar-refractivity contribution < 1.29 is 0 Å². The SMILES string of the molecule is CNc1nc(C)cn1CC(C)c1ccccc1. The molecule has 17 heavy (non-hydrogen) atoms. The van der Waals surface area contributed by atoms with Gasteiger partial charge in [-0.15, -0.1) is 0 Å². The molecule has 90 valence electrons. The number of hydrogen-bond acceptors (Lipinski definition) is 2. The highest BCUT2D eigenvalue weighted by Gasteiger charge is 2.09. The fourth-order valence-electron chi connectivity index (χ4n) is 2.07. The molecule has 2 rings (SSSR count). The summed E-state index contributed by atoms with van der Waals surface area (Å²) in [6.07, 6.45) is 2.09. The molecule has 3 nitrogen and oxygen atoms in total. The van der Waals surface area contributed by atoms with E-state index in [0.29, 0.717) is 5.92 Å². The summed E-state index contributed by atoms with van der Waals surface area (Å²) < 4.78 is 2.17. The summed E-state index contributed by atoms with van der Waals surface area (Å²) in [5, 5.41) is 3.13. The molecule has 2 aromatic rings. The molecule has 0 radical (unpaired) electrons. The van der Waals surface area contributed by atoms with E-state index in [-0.39, 0.29) is 0 Å². The van der Waals surface area contributed by atoms with Crippen LogP contribution >= 0.6 is 0 Å². The number of aromatic nitrogens is 2. The number of hydrogen-bond donors (Lipinski definition) is 1. The zero-order valence-electron chi connectivity index (χ0n) is 10.6. The molecule has 0 amide bonds. The molecular weight excluding hydrogens is 210 g/mol. The van der Waals surface area contributed by atoms with Gasteiger partial charge in [-0.05, 0) is 18.4 Å². The highest BCUT2D eigenvalue weighted by Crippen LogP contribution is 2.19. The van der Waals surface area contributed by atoms with Crippen molar-refractivity contribution in [1.29, 1.82) is 0 Å². The molecule has 1 atom stereocenters. The van der Waals surface area contributed by atoms with Crippen molar-refractivity contribution in [3.05, 3.63) is 47.8 Å². The number of nitrogens with one attached hydrogen (secondary N) is 1. The highest BCUT2D eigenvalue weighted by atomic mass is 15.2. The number of nitrogens with zero attached hydrogens (tertiary/aromatic N) is 2. The van der Waals surface area contributed by atoms with E-state index in [1.807, 2.05) is 14.0 Å². The van der Waals surface area contributed by atoms with Crippen LogP contribution in [0.3, 0.4) is 0 Å². The maximum absolute atomic E-state index is 4.43. The number of aryl methyl sites for hydroxylation is 1. The molecule has 0 aliphatic carbocycles. The van der Waals surface area contributed by atoms with Crippen molar-refractivity contribution in [3.63, 3.8) is 0 Å². The van der Waals surface area contributed by atoms with E-state index < -0.39 is 0 Å². The van der Waals surface area contributed by atoms with Crippen LogP contribution in [0.5, 0.6) is 0 Å². The first-order chi connectivity index (χ1) is 8.20. The second kappa shape index (κ2) is 5.04. The normalized spacial score (nSPS) is 12.4. The summed E-state index contributed by atoms with van der Waals surface area (Å²) in [5.41, 5.74) is 2.41. The largest absolute Gasteiger partial charge is 0.359 e. The number of benzene rings is 1. The quantitative estimate of drug-likeness (QED) is 0.873. The van der Waals surface area contributed by atoms with Crippen LogP contribution in [0.1, 0.15) is 24.1 Å². The van der Waals surface area contributed by atoms with Crippen LogP contribution in [0.2, 0.25) is 0 Å². The Morgan fingerprint density at radius 3 is 2.65 bits per heavy atom. The predicted molar refractivity (Wildman–Crippen MR) is 71.4 cm³/mol. The molecule has 3 heteroatoms. The zero-order chi connectivity index (χ0) is 12.3. The Labute approximate surface area is 103 Å². The molecule has 0 aliphatic rings. The molecule has 0 fully saturated rings. The molecule has 1 N–H and O–H groups in total. The van der Waals surface area contributed by atoms with Crippen molar-refractivity contribution in [3.8, 4) is 0 Å². The van der Waals surface area contributed by atoms with Gasteiger partial charge in [-0.25, -0.2) is 4.98 Å². The average molecular weight is 229 g/mol. The van der Waals surface area contributed by atoms with Crippen LogP contribution < -0.4 is 5.32 Å². The summed E-state index contributed by atoms with van der Waals surface area (Å²) in [6, 6.07) is 10.6. The topological polar surface area (TPSA) is 29.9 Å². The van der Waals surface area contributed by atoms with E-state index in [1.54, 1.807) is 0 Å². The summed E-state index contributed by atoms with van der Waals surface area (Å²) in [6.45, 7) is 5.20. The summed E-state index contributed by atoms with van der Waals surface area (Å²) in [5.74, 6) is 1.42. The smallest absolute Gasteiger partial charge is 0.202 e. The van der Waals surface area contributed by atoms with Crippen LogP contribution in [-0.2, 0) is 6.54 Å². The number of anilines is 1. The van der Waals surface area contributed by atoms with Gasteiger partial charge in [-0.1, -0.05) is 37.3 Å². The minimum absolute atomic E-state index is 0.483. The molecule has 1 unspecified atom stereocenters. The first-order valence-corrected chi connectivity index (χ1v) is 5.97. The van der Waals surface area contributed by atoms with Crippen molar-refractivity contribution in [2.75, 3.05) is 12.4 Å². The van der Waals surface area contributed by atoms with Gasteiger partial charge >= 0.3 is 0 Å². The second-order valence-electron chi connectivity index (χ2n) is 4.42. The van der Waals surface area contributed by atoms with Gasteiger partial charge in [0.1, 0.15) is 0 Å². The van der Waals surface area contributed by atoms with E-state index in [4.69, 9.17) is 0 Å². The first-order valence-electron chi connectivity index (χ1n) is 5.97. The fraction of sp³-hybridized carbons (Fsp3) is 0.357. The lowest BCUT2D eigenvalue weighted by molar-refractivity contribution is 0.602. The van der Waals surface area contributed by atoms with Gasteiger partial charge in [0.25, 0.3) is 0 Å². The minimum atomic E-state index is 0.483. The lowest BCUT2D eigenvalue weighted by atomic mass is 10.0. The van der Waals surface area contributed by atoms with Crippen molar-refractivity contribution in [2.24, 2.45) is 0 Å². The van der Waals surface area contributed by atoms with Gasteiger partial charge in [0.05, 0.1) is 5.69 Å². The molecule has 1 aromatic heterocycles. The maximum atomic E-state index is 4.43. The van der Waals surface area contributed by atoms with E-state index >= 15 is 0 Å². The maximum Gasteiger partial charge on any atom is 0.202 e. The standard InChI is InChI=1S/C14H19N3/c1-11(13-7-5-4-6-8-13)9-17-10-12(2)16-14(17)15-3/h4-8,10-11H,9H2,1-3H3,(H,15,16). The van der Waals surface area contributed by atoms with Crippen LogP contribution in [0, 0.1) is 6.92 Å². The molecule has 0 spiro atoms. The third-order valence-corrected chi connectivity index (χ3v) is 2.96. The van der Waals surface area contributed by atoms with E-state index in [1.165, 1.54) is 5.56 Å². The van der Waals surface area contributed by atoms with Crippen LogP contribution in [-0.4, -0.2) is 16.6 Å². The van der Waals surface area contributed by atoms with E-state index in [0.717, 1.165) is 18.2 Å². The molecular formula is C14H19N3. The number of imidazole rings is 1. The zero-order valence-corrected chi connectivity index (χ0v) is 10.6. The van der Waals surface area contributed by atoms with Gasteiger partial charge in [-0.3, -0.25) is 0 Å². The van der Waals surface area contributed by atoms with Crippen molar-refractivity contribution >= 4 is 5.95 Å². The van der Waals surface area contributed by atoms with Gasteiger partial charge < -0.3 is 9.88 Å². The third kappa shape index (κ3) is 2.67.